The van der Waals surface area contributed by atoms with Crippen LogP contribution in [0.5, 0.6) is 0 Å². The number of sulfonamides is 1. The lowest BCUT2D eigenvalue weighted by Crippen LogP contribution is -2.31. The van der Waals surface area contributed by atoms with Crippen LogP contribution in [0.4, 0.5) is 4.39 Å². The number of allylic oxidation sites excluding steroid dienone is 1. The molecule has 0 bridgehead atoms. The Labute approximate surface area is 116 Å². The van der Waals surface area contributed by atoms with Crippen LogP contribution in [0.3, 0.4) is 0 Å². The first-order valence-electron chi connectivity index (χ1n) is 5.42. The molecule has 1 rings (SSSR count). The Kier molecular flexibility index (Phi) is 5.50. The summed E-state index contributed by atoms with van der Waals surface area (Å²) in [7, 11) is -3.84. The Bertz CT molecular complexity index is 587. The van der Waals surface area contributed by atoms with E-state index in [1.807, 2.05) is 4.72 Å². The van der Waals surface area contributed by atoms with Gasteiger partial charge in [-0.3, -0.25) is 9.52 Å². The van der Waals surface area contributed by atoms with Crippen LogP contribution in [0.25, 0.3) is 0 Å². The largest absolute Gasteiger partial charge is 0.274 e. The summed E-state index contributed by atoms with van der Waals surface area (Å²) in [5, 5.41) is -0.0869. The van der Waals surface area contributed by atoms with Crippen molar-refractivity contribution in [3.63, 3.8) is 0 Å². The number of amides is 1. The van der Waals surface area contributed by atoms with E-state index in [0.29, 0.717) is 6.42 Å². The minimum Gasteiger partial charge on any atom is -0.274 e. The molecule has 0 saturated carbocycles. The summed E-state index contributed by atoms with van der Waals surface area (Å²) in [6, 6.07) is 3.68. The van der Waals surface area contributed by atoms with E-state index in [1.54, 1.807) is 0 Å². The maximum absolute atomic E-state index is 13.2. The number of carbonyl (C=O) groups is 1. The summed E-state index contributed by atoms with van der Waals surface area (Å²) < 4.78 is 38.4. The van der Waals surface area contributed by atoms with Crippen LogP contribution < -0.4 is 4.72 Å². The van der Waals surface area contributed by atoms with Crippen LogP contribution in [0.2, 0.25) is 5.02 Å². The van der Waals surface area contributed by atoms with Gasteiger partial charge >= 0.3 is 0 Å². The Hall–Kier alpha value is -1.40. The Morgan fingerprint density at radius 1 is 1.47 bits per heavy atom. The molecule has 7 heteroatoms. The van der Waals surface area contributed by atoms with Crippen LogP contribution in [0.15, 0.2) is 30.9 Å². The number of halogens is 2. The molecule has 1 aromatic carbocycles. The van der Waals surface area contributed by atoms with Crippen molar-refractivity contribution in [1.82, 2.24) is 4.72 Å². The number of nitrogens with one attached hydrogen (secondary N) is 1. The van der Waals surface area contributed by atoms with Gasteiger partial charge < -0.3 is 0 Å². The third-order valence-electron chi connectivity index (χ3n) is 2.19. The first kappa shape index (κ1) is 15.7. The molecule has 0 spiro atoms. The summed E-state index contributed by atoms with van der Waals surface area (Å²) >= 11 is 5.49. The smallest absolute Gasteiger partial charge is 0.239 e. The molecule has 0 heterocycles. The summed E-state index contributed by atoms with van der Waals surface area (Å²) in [4.78, 5) is 11.3. The van der Waals surface area contributed by atoms with E-state index in [2.05, 4.69) is 6.58 Å². The zero-order valence-corrected chi connectivity index (χ0v) is 11.6. The van der Waals surface area contributed by atoms with Crippen LogP contribution in [0, 0.1) is 5.82 Å². The number of hydrogen-bond donors (Lipinski definition) is 1. The first-order valence-corrected chi connectivity index (χ1v) is 7.45. The molecule has 0 unspecified atom stereocenters. The Morgan fingerprint density at radius 2 is 2.16 bits per heavy atom. The summed E-state index contributed by atoms with van der Waals surface area (Å²) in [5.41, 5.74) is 0.214. The second-order valence-corrected chi connectivity index (χ2v) is 5.99. The highest BCUT2D eigenvalue weighted by Crippen LogP contribution is 2.16. The topological polar surface area (TPSA) is 63.2 Å². The van der Waals surface area contributed by atoms with Crippen molar-refractivity contribution in [2.75, 3.05) is 0 Å². The molecular weight excluding hydrogens is 293 g/mol. The Morgan fingerprint density at radius 3 is 2.74 bits per heavy atom. The van der Waals surface area contributed by atoms with Gasteiger partial charge in [-0.1, -0.05) is 23.7 Å². The number of rotatable bonds is 6. The zero-order valence-electron chi connectivity index (χ0n) is 10.0. The number of hydrogen-bond acceptors (Lipinski definition) is 3. The average molecular weight is 306 g/mol. The van der Waals surface area contributed by atoms with E-state index >= 15 is 0 Å². The molecule has 1 aromatic rings. The van der Waals surface area contributed by atoms with Gasteiger partial charge in [0.15, 0.2) is 0 Å². The summed E-state index contributed by atoms with van der Waals surface area (Å²) in [6.07, 6.45) is 1.94. The zero-order chi connectivity index (χ0) is 14.5. The van der Waals surface area contributed by atoms with Crippen molar-refractivity contribution in [3.05, 3.63) is 47.3 Å². The van der Waals surface area contributed by atoms with Crippen molar-refractivity contribution < 1.29 is 17.6 Å². The highest BCUT2D eigenvalue weighted by molar-refractivity contribution is 7.89. The summed E-state index contributed by atoms with van der Waals surface area (Å²) in [6.45, 7) is 3.43. The molecule has 0 aromatic heterocycles. The van der Waals surface area contributed by atoms with Crippen molar-refractivity contribution in [2.24, 2.45) is 0 Å². The third kappa shape index (κ3) is 5.40. The lowest BCUT2D eigenvalue weighted by Gasteiger charge is -2.07. The average Bonchev–Trinajstić information content (AvgIpc) is 2.30. The highest BCUT2D eigenvalue weighted by atomic mass is 35.5. The maximum Gasteiger partial charge on any atom is 0.239 e. The van der Waals surface area contributed by atoms with Crippen molar-refractivity contribution in [1.29, 1.82) is 0 Å². The molecule has 1 amide bonds. The monoisotopic (exact) mass is 305 g/mol. The standard InChI is InChI=1S/C12H13ClFNO3S/c1-2-3-4-12(16)15-19(17,18)8-9-5-6-10(13)11(14)7-9/h2,5-7H,1,3-4,8H2,(H,15,16). The molecular formula is C12H13ClFNO3S. The predicted molar refractivity (Wildman–Crippen MR) is 71.6 cm³/mol. The van der Waals surface area contributed by atoms with Crippen LogP contribution in [-0.2, 0) is 20.6 Å². The molecule has 19 heavy (non-hydrogen) atoms. The van der Waals surface area contributed by atoms with Gasteiger partial charge in [0.2, 0.25) is 15.9 Å². The van der Waals surface area contributed by atoms with E-state index in [1.165, 1.54) is 18.2 Å². The molecule has 4 nitrogen and oxygen atoms in total. The van der Waals surface area contributed by atoms with E-state index in [-0.39, 0.29) is 17.0 Å². The second-order valence-electron chi connectivity index (χ2n) is 3.86. The van der Waals surface area contributed by atoms with Crippen molar-refractivity contribution in [2.45, 2.75) is 18.6 Å². The molecule has 0 aliphatic carbocycles. The maximum atomic E-state index is 13.2. The third-order valence-corrected chi connectivity index (χ3v) is 3.74. The van der Waals surface area contributed by atoms with Gasteiger partial charge in [-0.25, -0.2) is 12.8 Å². The van der Waals surface area contributed by atoms with Gasteiger partial charge in [-0.05, 0) is 24.1 Å². The van der Waals surface area contributed by atoms with E-state index in [4.69, 9.17) is 11.6 Å². The van der Waals surface area contributed by atoms with Crippen molar-refractivity contribution in [3.8, 4) is 0 Å². The van der Waals surface area contributed by atoms with Gasteiger partial charge in [-0.2, -0.15) is 0 Å². The Balaban J connectivity index is 2.71. The van der Waals surface area contributed by atoms with Crippen molar-refractivity contribution >= 4 is 27.5 Å². The molecule has 0 aliphatic heterocycles. The van der Waals surface area contributed by atoms with Gasteiger partial charge in [-0.15, -0.1) is 6.58 Å². The van der Waals surface area contributed by atoms with E-state index in [9.17, 15) is 17.6 Å². The van der Waals surface area contributed by atoms with Crippen LogP contribution >= 0.6 is 11.6 Å². The van der Waals surface area contributed by atoms with Gasteiger partial charge in [0.1, 0.15) is 5.82 Å². The highest BCUT2D eigenvalue weighted by Gasteiger charge is 2.15. The lowest BCUT2D eigenvalue weighted by atomic mass is 10.2. The molecule has 0 saturated heterocycles. The number of benzene rings is 1. The minimum atomic E-state index is -3.84. The minimum absolute atomic E-state index is 0.0394. The molecule has 1 N–H and O–H groups in total. The fourth-order valence-electron chi connectivity index (χ4n) is 1.34. The fraction of sp³-hybridized carbons (Fsp3) is 0.250. The lowest BCUT2D eigenvalue weighted by molar-refractivity contribution is -0.119. The molecule has 0 aliphatic rings. The molecule has 0 atom stereocenters. The second kappa shape index (κ2) is 6.68. The quantitative estimate of drug-likeness (QED) is 0.821. The number of carbonyl (C=O) groups excluding carboxylic acids is 1. The summed E-state index contributed by atoms with van der Waals surface area (Å²) in [5.74, 6) is -1.80. The van der Waals surface area contributed by atoms with Gasteiger partial charge in [0.25, 0.3) is 0 Å². The molecule has 0 fully saturated rings. The molecule has 104 valence electrons. The normalized spacial score (nSPS) is 11.1. The first-order chi connectivity index (χ1) is 8.84. The fourth-order valence-corrected chi connectivity index (χ4v) is 2.60. The van der Waals surface area contributed by atoms with Gasteiger partial charge in [0, 0.05) is 6.42 Å². The van der Waals surface area contributed by atoms with Gasteiger partial charge in [0.05, 0.1) is 10.8 Å². The van der Waals surface area contributed by atoms with E-state index < -0.39 is 27.5 Å². The van der Waals surface area contributed by atoms with Crippen LogP contribution in [-0.4, -0.2) is 14.3 Å². The van der Waals surface area contributed by atoms with E-state index in [0.717, 1.165) is 6.07 Å². The van der Waals surface area contributed by atoms with Crippen LogP contribution in [0.1, 0.15) is 18.4 Å². The molecule has 0 radical (unpaired) electrons. The predicted octanol–water partition coefficient (Wildman–Crippen LogP) is 2.39. The SMILES string of the molecule is C=CCCC(=O)NS(=O)(=O)Cc1ccc(Cl)c(F)c1.